The summed E-state index contributed by atoms with van der Waals surface area (Å²) in [4.78, 5) is 29.4. The molecule has 0 aliphatic carbocycles. The van der Waals surface area contributed by atoms with Gasteiger partial charge in [-0.25, -0.2) is 9.78 Å². The highest BCUT2D eigenvalue weighted by Crippen LogP contribution is 2.42. The van der Waals surface area contributed by atoms with Crippen LogP contribution in [0.2, 0.25) is 5.02 Å². The van der Waals surface area contributed by atoms with Crippen molar-refractivity contribution in [3.8, 4) is 0 Å². The molecule has 3 aromatic rings. The quantitative estimate of drug-likeness (QED) is 0.360. The second-order valence-electron chi connectivity index (χ2n) is 7.02. The number of hydrogen-bond donors (Lipinski definition) is 5. The SMILES string of the molecule is CN1c2ccc(C(=O)O)cc2NC1(Nc1nc2ccc(Cl)cc2s1)C(N)CC(N)=O.Cl. The first-order valence-electron chi connectivity index (χ1n) is 8.97. The predicted octanol–water partition coefficient (Wildman–Crippen LogP) is 2.90. The van der Waals surface area contributed by atoms with Gasteiger partial charge in [0.15, 0.2) is 5.13 Å². The van der Waals surface area contributed by atoms with Crippen LogP contribution in [0.1, 0.15) is 16.8 Å². The number of benzene rings is 2. The van der Waals surface area contributed by atoms with E-state index in [0.29, 0.717) is 15.8 Å². The van der Waals surface area contributed by atoms with Gasteiger partial charge >= 0.3 is 5.97 Å². The minimum absolute atomic E-state index is 0. The van der Waals surface area contributed by atoms with Crippen LogP contribution in [0, 0.1) is 0 Å². The van der Waals surface area contributed by atoms with Crippen molar-refractivity contribution in [2.24, 2.45) is 11.5 Å². The number of halogens is 2. The Kier molecular flexibility index (Phi) is 6.19. The first kappa shape index (κ1) is 22.9. The van der Waals surface area contributed by atoms with E-state index in [1.165, 1.54) is 23.5 Å². The molecule has 1 aliphatic heterocycles. The minimum atomic E-state index is -1.16. The third-order valence-corrected chi connectivity index (χ3v) is 6.23. The van der Waals surface area contributed by atoms with Gasteiger partial charge in [0, 0.05) is 18.5 Å². The van der Waals surface area contributed by atoms with Gasteiger partial charge in [0.25, 0.3) is 0 Å². The van der Waals surface area contributed by atoms with E-state index in [2.05, 4.69) is 15.6 Å². The number of amides is 1. The Morgan fingerprint density at radius 1 is 1.35 bits per heavy atom. The number of anilines is 3. The van der Waals surface area contributed by atoms with Crippen molar-refractivity contribution in [2.75, 3.05) is 22.6 Å². The van der Waals surface area contributed by atoms with Crippen LogP contribution in [0.25, 0.3) is 10.2 Å². The van der Waals surface area contributed by atoms with Gasteiger partial charge < -0.3 is 32.1 Å². The van der Waals surface area contributed by atoms with Crippen LogP contribution < -0.4 is 27.0 Å². The summed E-state index contributed by atoms with van der Waals surface area (Å²) < 4.78 is 0.884. The summed E-state index contributed by atoms with van der Waals surface area (Å²) in [6, 6.07) is 9.32. The summed E-state index contributed by atoms with van der Waals surface area (Å²) in [5.41, 5.74) is 14.0. The third-order valence-electron chi connectivity index (χ3n) is 5.06. The lowest BCUT2D eigenvalue weighted by molar-refractivity contribution is -0.118. The van der Waals surface area contributed by atoms with E-state index in [4.69, 9.17) is 23.1 Å². The molecule has 0 radical (unpaired) electrons. The molecule has 0 fully saturated rings. The Labute approximate surface area is 192 Å². The van der Waals surface area contributed by atoms with Gasteiger partial charge in [-0.3, -0.25) is 4.79 Å². The van der Waals surface area contributed by atoms with Crippen LogP contribution in [0.4, 0.5) is 16.5 Å². The van der Waals surface area contributed by atoms with E-state index in [0.717, 1.165) is 15.9 Å². The van der Waals surface area contributed by atoms with Gasteiger partial charge in [0.1, 0.15) is 0 Å². The van der Waals surface area contributed by atoms with Crippen LogP contribution in [0.3, 0.4) is 0 Å². The maximum atomic E-state index is 11.6. The van der Waals surface area contributed by atoms with Crippen molar-refractivity contribution in [3.05, 3.63) is 47.0 Å². The van der Waals surface area contributed by atoms with Gasteiger partial charge in [0.05, 0.1) is 33.2 Å². The molecule has 12 heteroatoms. The standard InChI is InChI=1S/C19H19ClN6O3S.ClH/c1-26-13-5-2-9(17(28)29)6-12(13)24-19(26,15(21)8-16(22)27)25-18-23-11-4-3-10(20)7-14(11)30-18;/h2-7,15,24H,8,21H2,1H3,(H2,22,27)(H,23,25)(H,28,29);1H. The maximum Gasteiger partial charge on any atom is 0.335 e. The molecule has 0 bridgehead atoms. The second-order valence-corrected chi connectivity index (χ2v) is 8.49. The molecular weight excluding hydrogens is 463 g/mol. The molecule has 0 saturated carbocycles. The van der Waals surface area contributed by atoms with Gasteiger partial charge in [-0.15, -0.1) is 12.4 Å². The normalized spacial score (nSPS) is 18.1. The molecule has 31 heavy (non-hydrogen) atoms. The molecule has 2 atom stereocenters. The zero-order valence-electron chi connectivity index (χ0n) is 16.3. The van der Waals surface area contributed by atoms with Crippen LogP contribution in [0.5, 0.6) is 0 Å². The highest BCUT2D eigenvalue weighted by atomic mass is 35.5. The second kappa shape index (κ2) is 8.39. The first-order chi connectivity index (χ1) is 14.2. The summed E-state index contributed by atoms with van der Waals surface area (Å²) in [5.74, 6) is -2.76. The number of hydrogen-bond acceptors (Lipinski definition) is 8. The first-order valence-corrected chi connectivity index (χ1v) is 10.2. The number of carboxylic acids is 1. The Hall–Kier alpha value is -2.79. The van der Waals surface area contributed by atoms with Crippen LogP contribution in [0.15, 0.2) is 36.4 Å². The molecule has 2 heterocycles. The zero-order chi connectivity index (χ0) is 21.6. The number of nitrogens with two attached hydrogens (primary N) is 2. The molecule has 4 rings (SSSR count). The van der Waals surface area contributed by atoms with E-state index in [1.54, 1.807) is 19.2 Å². The number of carboxylic acid groups (broad SMARTS) is 1. The van der Waals surface area contributed by atoms with E-state index >= 15 is 0 Å². The average Bonchev–Trinajstić information content (AvgIpc) is 3.19. The summed E-state index contributed by atoms with van der Waals surface area (Å²) >= 11 is 7.46. The van der Waals surface area contributed by atoms with Crippen molar-refractivity contribution < 1.29 is 14.7 Å². The Balaban J connectivity index is 0.00000272. The highest BCUT2D eigenvalue weighted by molar-refractivity contribution is 7.22. The fourth-order valence-electron chi connectivity index (χ4n) is 3.57. The van der Waals surface area contributed by atoms with Gasteiger partial charge in [-0.1, -0.05) is 22.9 Å². The number of aromatic nitrogens is 1. The fourth-order valence-corrected chi connectivity index (χ4v) is 4.77. The number of carbonyl (C=O) groups is 2. The molecule has 2 unspecified atom stereocenters. The van der Waals surface area contributed by atoms with E-state index in [1.807, 2.05) is 17.0 Å². The minimum Gasteiger partial charge on any atom is -0.478 e. The highest BCUT2D eigenvalue weighted by Gasteiger charge is 2.48. The fraction of sp³-hybridized carbons (Fsp3) is 0.211. The zero-order valence-corrected chi connectivity index (χ0v) is 18.6. The summed E-state index contributed by atoms with van der Waals surface area (Å²) in [5, 5.41) is 17.0. The van der Waals surface area contributed by atoms with E-state index in [9.17, 15) is 14.7 Å². The topological polar surface area (TPSA) is 147 Å². The molecule has 2 aromatic carbocycles. The predicted molar refractivity (Wildman–Crippen MR) is 125 cm³/mol. The molecule has 0 saturated heterocycles. The molecule has 1 aromatic heterocycles. The molecule has 1 amide bonds. The molecule has 1 aliphatic rings. The number of fused-ring (bicyclic) bond motifs is 2. The number of likely N-dealkylation sites (N-methyl/N-ethyl adjacent to an activating group) is 1. The molecule has 9 nitrogen and oxygen atoms in total. The van der Waals surface area contributed by atoms with Crippen molar-refractivity contribution >= 4 is 73.9 Å². The number of rotatable bonds is 6. The largest absolute Gasteiger partial charge is 0.478 e. The number of aromatic carboxylic acids is 1. The van der Waals surface area contributed by atoms with Crippen molar-refractivity contribution in [2.45, 2.75) is 18.2 Å². The lowest BCUT2D eigenvalue weighted by atomic mass is 10.1. The van der Waals surface area contributed by atoms with Crippen LogP contribution >= 0.6 is 35.3 Å². The van der Waals surface area contributed by atoms with Crippen molar-refractivity contribution in [1.82, 2.24) is 4.98 Å². The number of nitrogens with one attached hydrogen (secondary N) is 2. The van der Waals surface area contributed by atoms with Crippen LogP contribution in [-0.4, -0.2) is 40.8 Å². The van der Waals surface area contributed by atoms with Crippen molar-refractivity contribution in [3.63, 3.8) is 0 Å². The van der Waals surface area contributed by atoms with Crippen molar-refractivity contribution in [1.29, 1.82) is 0 Å². The maximum absolute atomic E-state index is 11.6. The van der Waals surface area contributed by atoms with Crippen LogP contribution in [-0.2, 0) is 4.79 Å². The Morgan fingerprint density at radius 3 is 2.77 bits per heavy atom. The number of thiazole rings is 1. The number of primary amides is 1. The molecule has 0 spiro atoms. The summed E-state index contributed by atoms with van der Waals surface area (Å²) in [7, 11) is 1.79. The Morgan fingerprint density at radius 2 is 2.10 bits per heavy atom. The summed E-state index contributed by atoms with van der Waals surface area (Å²) in [6.07, 6.45) is -0.110. The van der Waals surface area contributed by atoms with Gasteiger partial charge in [-0.2, -0.15) is 0 Å². The average molecular weight is 483 g/mol. The van der Waals surface area contributed by atoms with E-state index < -0.39 is 23.7 Å². The monoisotopic (exact) mass is 482 g/mol. The molecule has 164 valence electrons. The lowest BCUT2D eigenvalue weighted by Gasteiger charge is -2.42. The third kappa shape index (κ3) is 4.07. The lowest BCUT2D eigenvalue weighted by Crippen LogP contribution is -2.67. The molecule has 7 N–H and O–H groups in total. The van der Waals surface area contributed by atoms with Gasteiger partial charge in [-0.05, 0) is 36.4 Å². The molecular formula is C19H20Cl2N6O3S. The Bertz CT molecular complexity index is 1170. The van der Waals surface area contributed by atoms with E-state index in [-0.39, 0.29) is 24.4 Å². The summed E-state index contributed by atoms with van der Waals surface area (Å²) in [6.45, 7) is 0. The number of carbonyl (C=O) groups excluding carboxylic acids is 1. The number of nitrogens with zero attached hydrogens (tertiary/aromatic N) is 2. The smallest absolute Gasteiger partial charge is 0.335 e. The van der Waals surface area contributed by atoms with Gasteiger partial charge in [0.2, 0.25) is 11.7 Å².